The minimum absolute atomic E-state index is 0.0483. The average molecular weight is 378 g/mol. The Morgan fingerprint density at radius 2 is 1.70 bits per heavy atom. The van der Waals surface area contributed by atoms with Crippen LogP contribution < -0.4 is 0 Å². The van der Waals surface area contributed by atoms with Crippen LogP contribution in [0.5, 0.6) is 5.75 Å². The highest BCUT2D eigenvalue weighted by atomic mass is 32.2. The van der Waals surface area contributed by atoms with Gasteiger partial charge in [-0.2, -0.15) is 0 Å². The fourth-order valence-electron chi connectivity index (χ4n) is 2.58. The molecule has 5 heteroatoms. The van der Waals surface area contributed by atoms with Crippen LogP contribution in [0, 0.1) is 20.8 Å². The van der Waals surface area contributed by atoms with Crippen molar-refractivity contribution >= 4 is 23.7 Å². The van der Waals surface area contributed by atoms with E-state index in [1.165, 1.54) is 16.0 Å². The first kappa shape index (κ1) is 19.1. The second kappa shape index (κ2) is 8.37. The Labute approximate surface area is 163 Å². The molecule has 0 fully saturated rings. The van der Waals surface area contributed by atoms with E-state index in [1.807, 2.05) is 24.3 Å². The van der Waals surface area contributed by atoms with E-state index >= 15 is 0 Å². The summed E-state index contributed by atoms with van der Waals surface area (Å²) in [5.74, 6) is 0.0483. The third kappa shape index (κ3) is 4.56. The predicted octanol–water partition coefficient (Wildman–Crippen LogP) is 5.11. The molecule has 4 nitrogen and oxygen atoms in total. The van der Waals surface area contributed by atoms with Gasteiger partial charge in [0.2, 0.25) is 0 Å². The molecule has 0 unspecified atom stereocenters. The number of rotatable bonds is 5. The Morgan fingerprint density at radius 3 is 2.37 bits per heavy atom. The van der Waals surface area contributed by atoms with Gasteiger partial charge < -0.3 is 10.2 Å². The fourth-order valence-corrected chi connectivity index (χ4v) is 3.49. The monoisotopic (exact) mass is 378 g/mol. The van der Waals surface area contributed by atoms with Crippen LogP contribution in [-0.4, -0.2) is 21.4 Å². The molecular weight excluding hydrogens is 356 g/mol. The molecule has 0 radical (unpaired) electrons. The molecule has 0 saturated carbocycles. The molecular formula is C22H22N2O2S. The summed E-state index contributed by atoms with van der Waals surface area (Å²) in [6.07, 6.45) is 3.13. The van der Waals surface area contributed by atoms with Crippen molar-refractivity contribution in [2.24, 2.45) is 4.99 Å². The SMILES string of the molecule is Cc1ccc(Sc2ccc(N=Cc3c(CO)cnc(C)c3O)cc2)cc1C. The third-order valence-electron chi connectivity index (χ3n) is 4.42. The van der Waals surface area contributed by atoms with Gasteiger partial charge in [-0.05, 0) is 68.3 Å². The molecule has 2 aromatic carbocycles. The van der Waals surface area contributed by atoms with E-state index in [0.29, 0.717) is 16.8 Å². The summed E-state index contributed by atoms with van der Waals surface area (Å²) in [7, 11) is 0. The summed E-state index contributed by atoms with van der Waals surface area (Å²) in [4.78, 5) is 10.8. The van der Waals surface area contributed by atoms with E-state index in [9.17, 15) is 10.2 Å². The molecule has 2 N–H and O–H groups in total. The van der Waals surface area contributed by atoms with Crippen LogP contribution in [-0.2, 0) is 6.61 Å². The fraction of sp³-hybridized carbons (Fsp3) is 0.182. The number of pyridine rings is 1. The van der Waals surface area contributed by atoms with E-state index in [4.69, 9.17) is 0 Å². The lowest BCUT2D eigenvalue weighted by Crippen LogP contribution is -1.97. The number of hydrogen-bond donors (Lipinski definition) is 2. The maximum Gasteiger partial charge on any atom is 0.145 e. The van der Waals surface area contributed by atoms with Crippen molar-refractivity contribution in [3.63, 3.8) is 0 Å². The number of nitrogens with zero attached hydrogens (tertiary/aromatic N) is 2. The van der Waals surface area contributed by atoms with Gasteiger partial charge in [0, 0.05) is 33.3 Å². The zero-order valence-electron chi connectivity index (χ0n) is 15.6. The molecule has 3 rings (SSSR count). The van der Waals surface area contributed by atoms with Crippen molar-refractivity contribution in [1.29, 1.82) is 0 Å². The van der Waals surface area contributed by atoms with Crippen molar-refractivity contribution in [3.05, 3.63) is 76.6 Å². The van der Waals surface area contributed by atoms with Gasteiger partial charge in [-0.3, -0.25) is 9.98 Å². The molecule has 0 bridgehead atoms. The first-order chi connectivity index (χ1) is 13.0. The minimum Gasteiger partial charge on any atom is -0.505 e. The second-order valence-corrected chi connectivity index (χ2v) is 7.54. The zero-order valence-corrected chi connectivity index (χ0v) is 16.4. The van der Waals surface area contributed by atoms with Crippen molar-refractivity contribution in [2.45, 2.75) is 37.2 Å². The van der Waals surface area contributed by atoms with Crippen LogP contribution in [0.3, 0.4) is 0 Å². The minimum atomic E-state index is -0.201. The van der Waals surface area contributed by atoms with Gasteiger partial charge in [-0.1, -0.05) is 17.8 Å². The summed E-state index contributed by atoms with van der Waals surface area (Å²) in [5, 5.41) is 19.6. The summed E-state index contributed by atoms with van der Waals surface area (Å²) < 4.78 is 0. The quantitative estimate of drug-likeness (QED) is 0.606. The number of aromatic nitrogens is 1. The largest absolute Gasteiger partial charge is 0.505 e. The van der Waals surface area contributed by atoms with Crippen LogP contribution in [0.1, 0.15) is 27.9 Å². The van der Waals surface area contributed by atoms with Gasteiger partial charge in [0.05, 0.1) is 18.0 Å². The lowest BCUT2D eigenvalue weighted by Gasteiger charge is -2.07. The van der Waals surface area contributed by atoms with Gasteiger partial charge in [0.25, 0.3) is 0 Å². The third-order valence-corrected chi connectivity index (χ3v) is 5.42. The van der Waals surface area contributed by atoms with Crippen molar-refractivity contribution in [3.8, 4) is 5.75 Å². The smallest absolute Gasteiger partial charge is 0.145 e. The molecule has 1 heterocycles. The molecule has 0 aliphatic carbocycles. The number of aromatic hydroxyl groups is 1. The average Bonchev–Trinajstić information content (AvgIpc) is 2.67. The zero-order chi connectivity index (χ0) is 19.4. The summed E-state index contributed by atoms with van der Waals surface area (Å²) in [6, 6.07) is 14.4. The normalized spacial score (nSPS) is 11.3. The van der Waals surface area contributed by atoms with E-state index in [-0.39, 0.29) is 12.4 Å². The van der Waals surface area contributed by atoms with E-state index in [0.717, 1.165) is 10.6 Å². The topological polar surface area (TPSA) is 65.7 Å². The molecule has 1 aromatic heterocycles. The van der Waals surface area contributed by atoms with Crippen LogP contribution in [0.4, 0.5) is 5.69 Å². The molecule has 27 heavy (non-hydrogen) atoms. The Morgan fingerprint density at radius 1 is 1.00 bits per heavy atom. The van der Waals surface area contributed by atoms with Gasteiger partial charge in [0.15, 0.2) is 0 Å². The van der Waals surface area contributed by atoms with E-state index < -0.39 is 0 Å². The molecule has 0 atom stereocenters. The Bertz CT molecular complexity index is 982. The Balaban J connectivity index is 1.77. The highest BCUT2D eigenvalue weighted by Crippen LogP contribution is 2.30. The molecule has 0 aliphatic rings. The van der Waals surface area contributed by atoms with Crippen molar-refractivity contribution < 1.29 is 10.2 Å². The van der Waals surface area contributed by atoms with Crippen LogP contribution in [0.25, 0.3) is 0 Å². The highest BCUT2D eigenvalue weighted by molar-refractivity contribution is 7.99. The number of aliphatic hydroxyl groups excluding tert-OH is 1. The van der Waals surface area contributed by atoms with E-state index in [2.05, 4.69) is 42.0 Å². The summed E-state index contributed by atoms with van der Waals surface area (Å²) in [5.41, 5.74) is 4.91. The van der Waals surface area contributed by atoms with Crippen LogP contribution in [0.15, 0.2) is 63.4 Å². The van der Waals surface area contributed by atoms with Crippen molar-refractivity contribution in [2.75, 3.05) is 0 Å². The predicted molar refractivity (Wildman–Crippen MR) is 110 cm³/mol. The molecule has 0 spiro atoms. The molecule has 138 valence electrons. The van der Waals surface area contributed by atoms with Crippen molar-refractivity contribution in [1.82, 2.24) is 4.98 Å². The molecule has 0 aliphatic heterocycles. The van der Waals surface area contributed by atoms with Gasteiger partial charge >= 0.3 is 0 Å². The lowest BCUT2D eigenvalue weighted by molar-refractivity contribution is 0.280. The number of aliphatic imine (C=N–C) groups is 1. The second-order valence-electron chi connectivity index (χ2n) is 6.39. The number of aliphatic hydroxyl groups is 1. The number of hydrogen-bond acceptors (Lipinski definition) is 5. The molecule has 0 amide bonds. The van der Waals surface area contributed by atoms with Gasteiger partial charge in [0.1, 0.15) is 5.75 Å². The Hall–Kier alpha value is -2.63. The van der Waals surface area contributed by atoms with Crippen LogP contribution in [0.2, 0.25) is 0 Å². The standard InChI is InChI=1S/C22H22N2O2S/c1-14-4-7-20(10-15(14)2)27-19-8-5-18(6-9-19)24-12-21-17(13-25)11-23-16(3)22(21)26/h4-12,25-26H,13H2,1-3H3. The summed E-state index contributed by atoms with van der Waals surface area (Å²) >= 11 is 1.71. The maximum atomic E-state index is 10.2. The lowest BCUT2D eigenvalue weighted by atomic mass is 10.1. The number of benzene rings is 2. The Kier molecular flexibility index (Phi) is 5.94. The van der Waals surface area contributed by atoms with Gasteiger partial charge in [-0.15, -0.1) is 0 Å². The number of aryl methyl sites for hydroxylation is 3. The molecule has 3 aromatic rings. The van der Waals surface area contributed by atoms with Gasteiger partial charge in [-0.25, -0.2) is 0 Å². The highest BCUT2D eigenvalue weighted by Gasteiger charge is 2.09. The molecule has 0 saturated heterocycles. The first-order valence-electron chi connectivity index (χ1n) is 8.65. The summed E-state index contributed by atoms with van der Waals surface area (Å²) in [6.45, 7) is 5.75. The first-order valence-corrected chi connectivity index (χ1v) is 9.47. The maximum absolute atomic E-state index is 10.2. The van der Waals surface area contributed by atoms with Crippen LogP contribution >= 0.6 is 11.8 Å². The van der Waals surface area contributed by atoms with E-state index in [1.54, 1.807) is 31.1 Å².